The Balaban J connectivity index is 2.09. The van der Waals surface area contributed by atoms with Gasteiger partial charge in [0.25, 0.3) is 0 Å². The van der Waals surface area contributed by atoms with Gasteiger partial charge in [0.2, 0.25) is 0 Å². The van der Waals surface area contributed by atoms with Crippen molar-refractivity contribution in [2.75, 3.05) is 13.2 Å². The maximum absolute atomic E-state index is 13.7. The van der Waals surface area contributed by atoms with Gasteiger partial charge in [-0.25, -0.2) is 4.57 Å². The second kappa shape index (κ2) is 34.9. The molecule has 0 amide bonds. The molecule has 1 fully saturated rings. The first-order valence-corrected chi connectivity index (χ1v) is 26.4. The van der Waals surface area contributed by atoms with Gasteiger partial charge >= 0.3 is 19.8 Å². The van der Waals surface area contributed by atoms with Gasteiger partial charge in [-0.2, -0.15) is 0 Å². The average Bonchev–Trinajstić information content (AvgIpc) is 3.28. The number of rotatable bonds is 25. The lowest BCUT2D eigenvalue weighted by Gasteiger charge is -2.36. The highest BCUT2D eigenvalue weighted by molar-refractivity contribution is 7.47. The van der Waals surface area contributed by atoms with Crippen LogP contribution in [-0.2, 0) is 37.5 Å². The van der Waals surface area contributed by atoms with Gasteiger partial charge in [0.15, 0.2) is 6.10 Å². The van der Waals surface area contributed by atoms with Crippen molar-refractivity contribution >= 4 is 25.5 Å². The summed E-state index contributed by atoms with van der Waals surface area (Å²) in [4.78, 5) is 50.1. The topological polar surface area (TPSA) is 267 Å². The number of allylic oxidation sites excluding steroid dienone is 4. The molecular weight excluding hydrogens is 875 g/mol. The van der Waals surface area contributed by atoms with E-state index in [1.54, 1.807) is 12.2 Å². The number of phosphoric ester groups is 1. The van der Waals surface area contributed by atoms with Crippen LogP contribution in [0, 0.1) is 11.8 Å². The number of ether oxygens (including phenoxy) is 2. The van der Waals surface area contributed by atoms with Crippen LogP contribution in [0.5, 0.6) is 0 Å². The summed E-state index contributed by atoms with van der Waals surface area (Å²) in [5.74, 6) is -5.13. The van der Waals surface area contributed by atoms with E-state index in [2.05, 4.69) is 19.1 Å². The predicted octanol–water partition coefficient (Wildman–Crippen LogP) is 6.76. The smallest absolute Gasteiger partial charge is 0.462 e. The number of hydrogen-bond donors (Lipinski definition) is 8. The first-order chi connectivity index (χ1) is 31.6. The SMILES string of the molecule is CCCCCCCC/C=C\CCCCCCCCCC(=O)OC[C@@H]1COP(=O)(O)O[C@H]2[C@H](O)[C@@H](O)[C@H](O)[C@@H](C/C=C\CCCC(=O)O1)[C@@H](O)CC(=O)[C@H](/C=C/[C@@H](O)CCCCC)[C@@H](O)[C@H]2O. The number of phosphoric acid groups is 1. The molecule has 8 N–H and O–H groups in total. The zero-order chi connectivity index (χ0) is 48.7. The molecule has 1 heterocycles. The molecule has 1 unspecified atom stereocenters. The summed E-state index contributed by atoms with van der Waals surface area (Å²) in [6.07, 6.45) is 11.7. The van der Waals surface area contributed by atoms with Crippen molar-refractivity contribution in [2.45, 2.75) is 229 Å². The molecule has 1 saturated carbocycles. The normalized spacial score (nSPS) is 31.1. The Bertz CT molecular complexity index is 1470. The Morgan fingerprint density at radius 1 is 0.788 bits per heavy atom. The minimum atomic E-state index is -5.46. The van der Waals surface area contributed by atoms with E-state index in [9.17, 15) is 59.6 Å². The van der Waals surface area contributed by atoms with Crippen molar-refractivity contribution < 1.29 is 78.1 Å². The Hall–Kier alpha value is -2.34. The zero-order valence-corrected chi connectivity index (χ0v) is 40.6. The second-order valence-corrected chi connectivity index (χ2v) is 19.5. The van der Waals surface area contributed by atoms with Crippen LogP contribution in [0.1, 0.15) is 174 Å². The number of ketones is 1. The zero-order valence-electron chi connectivity index (χ0n) is 39.7. The van der Waals surface area contributed by atoms with Crippen LogP contribution < -0.4 is 0 Å². The summed E-state index contributed by atoms with van der Waals surface area (Å²) in [5.41, 5.74) is 0. The van der Waals surface area contributed by atoms with Crippen molar-refractivity contribution in [2.24, 2.45) is 11.8 Å². The molecule has 1 aliphatic carbocycles. The molecule has 2 bridgehead atoms. The van der Waals surface area contributed by atoms with Crippen LogP contribution in [0.25, 0.3) is 0 Å². The second-order valence-electron chi connectivity index (χ2n) is 18.1. The molecule has 0 aromatic heterocycles. The average molecular weight is 961 g/mol. The highest BCUT2D eigenvalue weighted by atomic mass is 31.2. The molecule has 16 nitrogen and oxygen atoms in total. The highest BCUT2D eigenvalue weighted by Crippen LogP contribution is 2.47. The Labute approximate surface area is 393 Å². The summed E-state index contributed by atoms with van der Waals surface area (Å²) >= 11 is 0. The number of cyclic esters (lactones) is 1. The van der Waals surface area contributed by atoms with Gasteiger partial charge in [0.05, 0.1) is 36.9 Å². The number of unbranched alkanes of at least 4 members (excludes halogenated alkanes) is 15. The summed E-state index contributed by atoms with van der Waals surface area (Å²) in [6.45, 7) is 2.80. The Morgan fingerprint density at radius 2 is 1.38 bits per heavy atom. The van der Waals surface area contributed by atoms with Gasteiger partial charge in [-0.15, -0.1) is 0 Å². The third-order valence-corrected chi connectivity index (χ3v) is 13.3. The number of aliphatic hydroxyl groups is 7. The minimum absolute atomic E-state index is 0.0984. The van der Waals surface area contributed by atoms with Gasteiger partial charge in [0, 0.05) is 25.2 Å². The van der Waals surface area contributed by atoms with Crippen molar-refractivity contribution in [1.82, 2.24) is 0 Å². The standard InChI is InChI=1S/C49H85O16P/c1-3-5-7-8-9-10-11-12-13-14-15-16-17-18-19-20-25-29-42(53)62-34-37-35-63-66(60,61)65-49-47(58)45(56)39(32-31-36(50)27-23-6-4-2)41(52)33-40(51)38(44(55)46(57)48(49)59)28-24-21-22-26-30-43(54)64-37/h12-13,21,24,31-32,36-40,44-51,55-59H,3-11,14-20,22-23,25-30,33-35H2,1-2H3,(H,60,61)/b13-12-,24-21-,32-31+/t36-,37+,38-,39-,40-,44+,45+,46-,47+,48+,49+/m0/s1. The predicted molar refractivity (Wildman–Crippen MR) is 250 cm³/mol. The maximum atomic E-state index is 13.7. The summed E-state index contributed by atoms with van der Waals surface area (Å²) < 4.78 is 34.6. The van der Waals surface area contributed by atoms with Crippen molar-refractivity contribution in [1.29, 1.82) is 0 Å². The van der Waals surface area contributed by atoms with Crippen molar-refractivity contribution in [3.8, 4) is 0 Å². The molecule has 0 aromatic rings. The lowest BCUT2D eigenvalue weighted by atomic mass is 9.83. The molecule has 66 heavy (non-hydrogen) atoms. The van der Waals surface area contributed by atoms with E-state index in [0.717, 1.165) is 70.3 Å². The lowest BCUT2D eigenvalue weighted by Crippen LogP contribution is -2.55. The van der Waals surface area contributed by atoms with Crippen molar-refractivity contribution in [3.05, 3.63) is 36.5 Å². The van der Waals surface area contributed by atoms with Crippen molar-refractivity contribution in [3.63, 3.8) is 0 Å². The summed E-state index contributed by atoms with van der Waals surface area (Å²) in [6, 6.07) is 0. The number of esters is 2. The Kier molecular flexibility index (Phi) is 31.6. The van der Waals surface area contributed by atoms with Crippen LogP contribution in [-0.4, -0.2) is 127 Å². The van der Waals surface area contributed by atoms with Crippen LogP contribution in [0.2, 0.25) is 0 Å². The van der Waals surface area contributed by atoms with Crippen LogP contribution in [0.4, 0.5) is 0 Å². The van der Waals surface area contributed by atoms with Crippen LogP contribution in [0.15, 0.2) is 36.5 Å². The molecule has 0 radical (unpaired) electrons. The molecule has 12 atom stereocenters. The van der Waals surface area contributed by atoms with E-state index in [1.807, 2.05) is 6.92 Å². The third kappa shape index (κ3) is 24.8. The van der Waals surface area contributed by atoms with Gasteiger partial charge in [-0.1, -0.05) is 134 Å². The number of Topliss-reactive ketones (excluding diaryl/α,β-unsaturated/α-hetero) is 1. The Morgan fingerprint density at radius 3 is 2.03 bits per heavy atom. The van der Waals surface area contributed by atoms with Gasteiger partial charge < -0.3 is 50.1 Å². The van der Waals surface area contributed by atoms with Gasteiger partial charge in [-0.05, 0) is 57.8 Å². The van der Waals surface area contributed by atoms with E-state index in [4.69, 9.17) is 18.5 Å². The van der Waals surface area contributed by atoms with E-state index >= 15 is 0 Å². The molecule has 2 rings (SSSR count). The molecule has 0 saturated heterocycles. The van der Waals surface area contributed by atoms with Crippen LogP contribution >= 0.6 is 7.82 Å². The largest absolute Gasteiger partial charge is 0.472 e. The quantitative estimate of drug-likeness (QED) is 0.0203. The molecule has 382 valence electrons. The van der Waals surface area contributed by atoms with Gasteiger partial charge in [0.1, 0.15) is 36.8 Å². The first kappa shape index (κ1) is 59.8. The molecule has 0 aromatic carbocycles. The first-order valence-electron chi connectivity index (χ1n) is 24.9. The fourth-order valence-electron chi connectivity index (χ4n) is 8.17. The fourth-order valence-corrected chi connectivity index (χ4v) is 9.14. The number of fused-ring (bicyclic) bond motifs is 4. The molecular formula is C49H85O16P. The maximum Gasteiger partial charge on any atom is 0.472 e. The molecule has 1 aliphatic heterocycles. The third-order valence-electron chi connectivity index (χ3n) is 12.3. The molecule has 0 spiro atoms. The highest BCUT2D eigenvalue weighted by Gasteiger charge is 2.49. The summed E-state index contributed by atoms with van der Waals surface area (Å²) in [7, 11) is -5.46. The molecule has 2 aliphatic rings. The number of carbonyl (C=O) groups excluding carboxylic acids is 3. The molecule has 17 heteroatoms. The van der Waals surface area contributed by atoms with E-state index in [0.29, 0.717) is 25.7 Å². The fraction of sp³-hybridized carbons (Fsp3) is 0.816. The lowest BCUT2D eigenvalue weighted by molar-refractivity contribution is -0.166. The minimum Gasteiger partial charge on any atom is -0.462 e. The van der Waals surface area contributed by atoms with Gasteiger partial charge in [-0.3, -0.25) is 23.4 Å². The monoisotopic (exact) mass is 961 g/mol. The van der Waals surface area contributed by atoms with E-state index < -0.39 is 112 Å². The number of carbonyl (C=O) groups is 3. The van der Waals surface area contributed by atoms with Crippen LogP contribution in [0.3, 0.4) is 0 Å². The number of hydrogen-bond acceptors (Lipinski definition) is 15. The van der Waals surface area contributed by atoms with E-state index in [-0.39, 0.29) is 25.7 Å². The number of aliphatic hydroxyl groups excluding tert-OH is 7. The van der Waals surface area contributed by atoms with E-state index in [1.165, 1.54) is 44.6 Å². The summed E-state index contributed by atoms with van der Waals surface area (Å²) in [5, 5.41) is 78.4.